The summed E-state index contributed by atoms with van der Waals surface area (Å²) in [4.78, 5) is 2.05. The molecule has 1 heterocycles. The Labute approximate surface area is 72.7 Å². The Kier molecular flexibility index (Phi) is 2.43. The Balaban J connectivity index is 0.000000336. The molecule has 12 heavy (non-hydrogen) atoms. The lowest BCUT2D eigenvalue weighted by Crippen LogP contribution is -2.68. The minimum atomic E-state index is -2.35. The van der Waals surface area contributed by atoms with Crippen LogP contribution < -0.4 is 0 Å². The SMILES string of the molecule is CC.CN1CCC12CC(F)(F)C2. The van der Waals surface area contributed by atoms with Crippen molar-refractivity contribution in [2.75, 3.05) is 13.6 Å². The van der Waals surface area contributed by atoms with E-state index >= 15 is 0 Å². The zero-order chi connectivity index (χ0) is 9.41. The second kappa shape index (κ2) is 2.95. The summed E-state index contributed by atoms with van der Waals surface area (Å²) < 4.78 is 24.8. The second-order valence-electron chi connectivity index (χ2n) is 3.61. The van der Waals surface area contributed by atoms with Gasteiger partial charge in [-0.15, -0.1) is 0 Å². The Morgan fingerprint density at radius 2 is 1.67 bits per heavy atom. The molecule has 0 aromatic rings. The van der Waals surface area contributed by atoms with Crippen molar-refractivity contribution in [3.63, 3.8) is 0 Å². The van der Waals surface area contributed by atoms with Crippen molar-refractivity contribution in [2.24, 2.45) is 0 Å². The van der Waals surface area contributed by atoms with Crippen LogP contribution in [0.2, 0.25) is 0 Å². The van der Waals surface area contributed by atoms with Crippen LogP contribution in [-0.4, -0.2) is 30.0 Å². The minimum absolute atomic E-state index is 0.0799. The van der Waals surface area contributed by atoms with Crippen LogP contribution in [-0.2, 0) is 0 Å². The van der Waals surface area contributed by atoms with E-state index in [1.807, 2.05) is 25.8 Å². The van der Waals surface area contributed by atoms with Gasteiger partial charge in [-0.3, -0.25) is 0 Å². The summed E-state index contributed by atoms with van der Waals surface area (Å²) in [6, 6.07) is 0. The van der Waals surface area contributed by atoms with Crippen molar-refractivity contribution >= 4 is 0 Å². The molecule has 0 amide bonds. The average molecular weight is 177 g/mol. The molecule has 1 aliphatic heterocycles. The normalized spacial score (nSPS) is 29.8. The molecular formula is C9H17F2N. The van der Waals surface area contributed by atoms with Crippen molar-refractivity contribution in [2.45, 2.75) is 44.6 Å². The number of hydrogen-bond donors (Lipinski definition) is 0. The summed E-state index contributed by atoms with van der Waals surface area (Å²) in [5.74, 6) is -2.35. The highest BCUT2D eigenvalue weighted by atomic mass is 19.3. The van der Waals surface area contributed by atoms with Crippen LogP contribution in [0.25, 0.3) is 0 Å². The molecule has 0 radical (unpaired) electrons. The molecule has 2 fully saturated rings. The number of likely N-dealkylation sites (tertiary alicyclic amines) is 1. The first-order chi connectivity index (χ1) is 5.54. The summed E-state index contributed by atoms with van der Waals surface area (Å²) in [5.41, 5.74) is -0.0799. The predicted octanol–water partition coefficient (Wildman–Crippen LogP) is 2.52. The molecule has 0 aromatic carbocycles. The van der Waals surface area contributed by atoms with Crippen LogP contribution in [0.15, 0.2) is 0 Å². The fraction of sp³-hybridized carbons (Fsp3) is 1.00. The molecule has 1 nitrogen and oxygen atoms in total. The van der Waals surface area contributed by atoms with Gasteiger partial charge in [0.05, 0.1) is 0 Å². The summed E-state index contributed by atoms with van der Waals surface area (Å²) in [6.45, 7) is 5.00. The van der Waals surface area contributed by atoms with E-state index in [0.29, 0.717) is 0 Å². The van der Waals surface area contributed by atoms with E-state index < -0.39 is 5.92 Å². The topological polar surface area (TPSA) is 3.24 Å². The molecule has 2 aliphatic rings. The lowest BCUT2D eigenvalue weighted by Gasteiger charge is -2.60. The Bertz CT molecular complexity index is 160. The van der Waals surface area contributed by atoms with Crippen LogP contribution in [0.3, 0.4) is 0 Å². The second-order valence-corrected chi connectivity index (χ2v) is 3.61. The van der Waals surface area contributed by atoms with Gasteiger partial charge in [0.2, 0.25) is 0 Å². The van der Waals surface area contributed by atoms with Gasteiger partial charge in [0.1, 0.15) is 0 Å². The Hall–Kier alpha value is -0.180. The van der Waals surface area contributed by atoms with Gasteiger partial charge in [-0.05, 0) is 13.5 Å². The zero-order valence-electron chi connectivity index (χ0n) is 8.03. The monoisotopic (exact) mass is 177 g/mol. The minimum Gasteiger partial charge on any atom is -0.300 e. The fourth-order valence-electron chi connectivity index (χ4n) is 2.01. The van der Waals surface area contributed by atoms with Crippen LogP contribution in [0.5, 0.6) is 0 Å². The maximum absolute atomic E-state index is 12.4. The summed E-state index contributed by atoms with van der Waals surface area (Å²) in [5, 5.41) is 0. The van der Waals surface area contributed by atoms with E-state index in [9.17, 15) is 8.78 Å². The largest absolute Gasteiger partial charge is 0.300 e. The van der Waals surface area contributed by atoms with E-state index in [0.717, 1.165) is 13.0 Å². The third kappa shape index (κ3) is 1.35. The number of halogens is 2. The fourth-order valence-corrected chi connectivity index (χ4v) is 2.01. The van der Waals surface area contributed by atoms with Crippen LogP contribution >= 0.6 is 0 Å². The van der Waals surface area contributed by atoms with Gasteiger partial charge < -0.3 is 4.90 Å². The first kappa shape index (κ1) is 9.90. The van der Waals surface area contributed by atoms with Gasteiger partial charge >= 0.3 is 0 Å². The highest BCUT2D eigenvalue weighted by Crippen LogP contribution is 2.54. The van der Waals surface area contributed by atoms with Gasteiger partial charge in [-0.2, -0.15) is 0 Å². The smallest absolute Gasteiger partial charge is 0.251 e. The maximum Gasteiger partial charge on any atom is 0.251 e. The van der Waals surface area contributed by atoms with Gasteiger partial charge in [0.25, 0.3) is 5.92 Å². The van der Waals surface area contributed by atoms with Gasteiger partial charge in [0.15, 0.2) is 0 Å². The van der Waals surface area contributed by atoms with E-state index in [1.54, 1.807) is 0 Å². The average Bonchev–Trinajstić information content (AvgIpc) is 2.01. The molecule has 1 saturated heterocycles. The molecule has 0 unspecified atom stereocenters. The van der Waals surface area contributed by atoms with Gasteiger partial charge in [0, 0.05) is 24.9 Å². The molecule has 1 saturated carbocycles. The van der Waals surface area contributed by atoms with E-state index in [1.165, 1.54) is 0 Å². The van der Waals surface area contributed by atoms with Crippen molar-refractivity contribution in [1.82, 2.24) is 4.90 Å². The standard InChI is InChI=1S/C7H11F2N.C2H6/c1-10-3-2-6(10)4-7(8,9)5-6;1-2/h2-5H2,1H3;1-2H3. The molecule has 1 aliphatic carbocycles. The van der Waals surface area contributed by atoms with Crippen LogP contribution in [0, 0.1) is 0 Å². The molecule has 0 atom stereocenters. The van der Waals surface area contributed by atoms with Crippen molar-refractivity contribution in [3.05, 3.63) is 0 Å². The van der Waals surface area contributed by atoms with Crippen LogP contribution in [0.4, 0.5) is 8.78 Å². The third-order valence-corrected chi connectivity index (χ3v) is 2.90. The van der Waals surface area contributed by atoms with E-state index in [2.05, 4.69) is 0 Å². The number of alkyl halides is 2. The molecular weight excluding hydrogens is 160 g/mol. The Morgan fingerprint density at radius 3 is 1.75 bits per heavy atom. The maximum atomic E-state index is 12.4. The first-order valence-corrected chi connectivity index (χ1v) is 4.63. The summed E-state index contributed by atoms with van der Waals surface area (Å²) >= 11 is 0. The number of rotatable bonds is 0. The summed E-state index contributed by atoms with van der Waals surface area (Å²) in [6.07, 6.45) is 1.16. The zero-order valence-corrected chi connectivity index (χ0v) is 8.03. The van der Waals surface area contributed by atoms with Gasteiger partial charge in [-0.25, -0.2) is 8.78 Å². The number of hydrogen-bond acceptors (Lipinski definition) is 1. The quantitative estimate of drug-likeness (QED) is 0.549. The van der Waals surface area contributed by atoms with Crippen molar-refractivity contribution in [3.8, 4) is 0 Å². The highest BCUT2D eigenvalue weighted by Gasteiger charge is 2.61. The van der Waals surface area contributed by atoms with Crippen molar-refractivity contribution in [1.29, 1.82) is 0 Å². The first-order valence-electron chi connectivity index (χ1n) is 4.63. The van der Waals surface area contributed by atoms with Crippen LogP contribution in [0.1, 0.15) is 33.1 Å². The van der Waals surface area contributed by atoms with E-state index in [4.69, 9.17) is 0 Å². The van der Waals surface area contributed by atoms with Crippen molar-refractivity contribution < 1.29 is 8.78 Å². The molecule has 3 heteroatoms. The molecule has 72 valence electrons. The summed E-state index contributed by atoms with van der Waals surface area (Å²) in [7, 11) is 1.93. The highest BCUT2D eigenvalue weighted by molar-refractivity contribution is 5.11. The third-order valence-electron chi connectivity index (χ3n) is 2.90. The molecule has 1 spiro atoms. The van der Waals surface area contributed by atoms with Gasteiger partial charge in [-0.1, -0.05) is 13.8 Å². The number of nitrogens with zero attached hydrogens (tertiary/aromatic N) is 1. The molecule has 0 aromatic heterocycles. The van der Waals surface area contributed by atoms with E-state index in [-0.39, 0.29) is 18.4 Å². The molecule has 0 N–H and O–H groups in total. The lowest BCUT2D eigenvalue weighted by atomic mass is 9.66. The Morgan fingerprint density at radius 1 is 1.17 bits per heavy atom. The molecule has 2 rings (SSSR count). The predicted molar refractivity (Wildman–Crippen MR) is 45.5 cm³/mol. The molecule has 0 bridgehead atoms. The lowest BCUT2D eigenvalue weighted by molar-refractivity contribution is -0.207.